The molecule has 0 aliphatic heterocycles. The van der Waals surface area contributed by atoms with Crippen LogP contribution in [0.4, 0.5) is 0 Å². The zero-order valence-corrected chi connectivity index (χ0v) is 11.2. The monoisotopic (exact) mass is 261 g/mol. The number of aromatic nitrogens is 1. The highest BCUT2D eigenvalue weighted by atomic mass is 32.1. The molecular weight excluding hydrogens is 246 g/mol. The van der Waals surface area contributed by atoms with Crippen LogP contribution in [0.25, 0.3) is 0 Å². The van der Waals surface area contributed by atoms with Crippen molar-refractivity contribution < 1.29 is 9.53 Å². The van der Waals surface area contributed by atoms with Crippen molar-refractivity contribution in [3.8, 4) is 0 Å². The molecule has 1 unspecified atom stereocenters. The summed E-state index contributed by atoms with van der Waals surface area (Å²) in [5.74, 6) is -0.685. The second-order valence-electron chi connectivity index (χ2n) is 3.92. The Morgan fingerprint density at radius 1 is 1.39 bits per heavy atom. The lowest BCUT2D eigenvalue weighted by molar-refractivity contribution is -0.141. The van der Waals surface area contributed by atoms with Crippen LogP contribution in [0, 0.1) is 0 Å². The van der Waals surface area contributed by atoms with Gasteiger partial charge in [-0.15, -0.1) is 11.3 Å². The van der Waals surface area contributed by atoms with Gasteiger partial charge in [0.2, 0.25) is 0 Å². The topological polar surface area (TPSA) is 39.2 Å². The Kier molecular flexibility index (Phi) is 4.10. The van der Waals surface area contributed by atoms with Gasteiger partial charge in [-0.25, -0.2) is 4.98 Å². The minimum absolute atomic E-state index is 0.269. The molecule has 0 N–H and O–H groups in total. The van der Waals surface area contributed by atoms with Gasteiger partial charge >= 0.3 is 5.97 Å². The highest BCUT2D eigenvalue weighted by molar-refractivity contribution is 7.09. The van der Waals surface area contributed by atoms with Crippen LogP contribution < -0.4 is 0 Å². The molecule has 0 aliphatic rings. The van der Waals surface area contributed by atoms with Gasteiger partial charge in [0.05, 0.1) is 7.11 Å². The van der Waals surface area contributed by atoms with Gasteiger partial charge in [-0.1, -0.05) is 31.2 Å². The average Bonchev–Trinajstić information content (AvgIpc) is 2.93. The molecule has 2 rings (SSSR count). The van der Waals surface area contributed by atoms with E-state index in [4.69, 9.17) is 4.74 Å². The molecule has 0 amide bonds. The molecule has 0 spiro atoms. The summed E-state index contributed by atoms with van der Waals surface area (Å²) < 4.78 is 4.87. The number of carbonyl (C=O) groups excluding carboxylic acids is 1. The van der Waals surface area contributed by atoms with Gasteiger partial charge < -0.3 is 4.74 Å². The van der Waals surface area contributed by atoms with Gasteiger partial charge in [0, 0.05) is 11.6 Å². The van der Waals surface area contributed by atoms with E-state index in [1.54, 1.807) is 6.20 Å². The van der Waals surface area contributed by atoms with Crippen LogP contribution in [0.2, 0.25) is 0 Å². The fraction of sp³-hybridized carbons (Fsp3) is 0.286. The number of hydrogen-bond donors (Lipinski definition) is 0. The van der Waals surface area contributed by atoms with Crippen LogP contribution >= 0.6 is 11.3 Å². The molecule has 18 heavy (non-hydrogen) atoms. The van der Waals surface area contributed by atoms with Crippen molar-refractivity contribution in [1.82, 2.24) is 4.98 Å². The molecule has 4 heteroatoms. The molecule has 94 valence electrons. The number of methoxy groups -OCH3 is 1. The molecule has 0 radical (unpaired) electrons. The normalized spacial score (nSPS) is 12.1. The number of esters is 1. The first-order valence-electron chi connectivity index (χ1n) is 5.82. The fourth-order valence-corrected chi connectivity index (χ4v) is 2.57. The van der Waals surface area contributed by atoms with E-state index in [0.717, 1.165) is 17.0 Å². The predicted octanol–water partition coefficient (Wildman–Crippen LogP) is 3.01. The van der Waals surface area contributed by atoms with Crippen LogP contribution in [-0.2, 0) is 16.0 Å². The summed E-state index contributed by atoms with van der Waals surface area (Å²) in [6.07, 6.45) is 2.69. The van der Waals surface area contributed by atoms with Gasteiger partial charge in [0.1, 0.15) is 10.9 Å². The maximum Gasteiger partial charge on any atom is 0.320 e. The lowest BCUT2D eigenvalue weighted by atomic mass is 9.98. The van der Waals surface area contributed by atoms with E-state index in [9.17, 15) is 4.79 Å². The minimum atomic E-state index is -0.416. The Bertz CT molecular complexity index is 505. The number of ether oxygens (including phenoxy) is 1. The van der Waals surface area contributed by atoms with E-state index in [1.165, 1.54) is 24.0 Å². The van der Waals surface area contributed by atoms with Crippen molar-refractivity contribution in [1.29, 1.82) is 0 Å². The van der Waals surface area contributed by atoms with Crippen molar-refractivity contribution in [3.63, 3.8) is 0 Å². The average molecular weight is 261 g/mol. The van der Waals surface area contributed by atoms with E-state index in [1.807, 2.05) is 29.6 Å². The van der Waals surface area contributed by atoms with Crippen LogP contribution in [0.1, 0.15) is 29.0 Å². The number of benzene rings is 1. The maximum atomic E-state index is 11.9. The van der Waals surface area contributed by atoms with E-state index in [-0.39, 0.29) is 5.97 Å². The first-order valence-corrected chi connectivity index (χ1v) is 6.70. The molecule has 0 saturated carbocycles. The summed E-state index contributed by atoms with van der Waals surface area (Å²) in [7, 11) is 1.41. The minimum Gasteiger partial charge on any atom is -0.468 e. The summed E-state index contributed by atoms with van der Waals surface area (Å²) in [5.41, 5.74) is 2.18. The second-order valence-corrected chi connectivity index (χ2v) is 4.85. The Morgan fingerprint density at radius 2 is 2.11 bits per heavy atom. The van der Waals surface area contributed by atoms with Gasteiger partial charge in [0.15, 0.2) is 0 Å². The third-order valence-corrected chi connectivity index (χ3v) is 3.70. The number of rotatable bonds is 4. The molecule has 3 nitrogen and oxygen atoms in total. The van der Waals surface area contributed by atoms with Crippen molar-refractivity contribution in [2.75, 3.05) is 7.11 Å². The Balaban J connectivity index is 2.37. The number of thiazole rings is 1. The van der Waals surface area contributed by atoms with E-state index in [2.05, 4.69) is 11.9 Å². The van der Waals surface area contributed by atoms with Gasteiger partial charge in [0.25, 0.3) is 0 Å². The zero-order valence-electron chi connectivity index (χ0n) is 10.4. The van der Waals surface area contributed by atoms with E-state index < -0.39 is 5.92 Å². The van der Waals surface area contributed by atoms with Crippen molar-refractivity contribution >= 4 is 17.3 Å². The number of aryl methyl sites for hydroxylation is 1. The molecule has 2 aromatic rings. The molecule has 0 saturated heterocycles. The molecule has 1 aromatic heterocycles. The molecule has 0 fully saturated rings. The second kappa shape index (κ2) is 5.78. The predicted molar refractivity (Wildman–Crippen MR) is 71.8 cm³/mol. The van der Waals surface area contributed by atoms with E-state index in [0.29, 0.717) is 0 Å². The fourth-order valence-electron chi connectivity index (χ4n) is 1.82. The lowest BCUT2D eigenvalue weighted by Crippen LogP contribution is -2.15. The van der Waals surface area contributed by atoms with E-state index >= 15 is 0 Å². The molecule has 1 aromatic carbocycles. The van der Waals surface area contributed by atoms with Crippen molar-refractivity contribution in [2.45, 2.75) is 19.3 Å². The van der Waals surface area contributed by atoms with Crippen molar-refractivity contribution in [3.05, 3.63) is 52.0 Å². The Hall–Kier alpha value is -1.68. The summed E-state index contributed by atoms with van der Waals surface area (Å²) in [6, 6.07) is 8.03. The molecule has 1 atom stereocenters. The SMILES string of the molecule is CCc1ccc(C(C(=O)OC)c2nccs2)cc1. The van der Waals surface area contributed by atoms with Gasteiger partial charge in [-0.05, 0) is 17.5 Å². The standard InChI is InChI=1S/C14H15NO2S/c1-3-10-4-6-11(7-5-10)12(14(16)17-2)13-15-8-9-18-13/h4-9,12H,3H2,1-2H3. The number of carbonyl (C=O) groups is 1. The lowest BCUT2D eigenvalue weighted by Gasteiger charge is -2.12. The number of nitrogens with zero attached hydrogens (tertiary/aromatic N) is 1. The highest BCUT2D eigenvalue weighted by Crippen LogP contribution is 2.27. The molecule has 0 bridgehead atoms. The molecule has 1 heterocycles. The van der Waals surface area contributed by atoms with Crippen LogP contribution in [-0.4, -0.2) is 18.1 Å². The van der Waals surface area contributed by atoms with Crippen LogP contribution in [0.5, 0.6) is 0 Å². The summed E-state index contributed by atoms with van der Waals surface area (Å²) in [4.78, 5) is 16.1. The third kappa shape index (κ3) is 2.59. The quantitative estimate of drug-likeness (QED) is 0.794. The Morgan fingerprint density at radius 3 is 2.61 bits per heavy atom. The highest BCUT2D eigenvalue weighted by Gasteiger charge is 2.25. The smallest absolute Gasteiger partial charge is 0.320 e. The van der Waals surface area contributed by atoms with Crippen molar-refractivity contribution in [2.24, 2.45) is 0 Å². The van der Waals surface area contributed by atoms with Gasteiger partial charge in [-0.2, -0.15) is 0 Å². The first-order chi connectivity index (χ1) is 8.76. The first kappa shape index (κ1) is 12.8. The summed E-state index contributed by atoms with van der Waals surface area (Å²) in [6.45, 7) is 2.10. The molecular formula is C14H15NO2S. The van der Waals surface area contributed by atoms with Crippen LogP contribution in [0.15, 0.2) is 35.8 Å². The maximum absolute atomic E-state index is 11.9. The summed E-state index contributed by atoms with van der Waals surface area (Å²) in [5, 5.41) is 2.64. The zero-order chi connectivity index (χ0) is 13.0. The largest absolute Gasteiger partial charge is 0.468 e. The summed E-state index contributed by atoms with van der Waals surface area (Å²) >= 11 is 1.47. The third-order valence-electron chi connectivity index (χ3n) is 2.86. The Labute approximate surface area is 110 Å². The van der Waals surface area contributed by atoms with Gasteiger partial charge in [-0.3, -0.25) is 4.79 Å². The number of hydrogen-bond acceptors (Lipinski definition) is 4. The van der Waals surface area contributed by atoms with Crippen LogP contribution in [0.3, 0.4) is 0 Å². The molecule has 0 aliphatic carbocycles.